The predicted molar refractivity (Wildman–Crippen MR) is 65.2 cm³/mol. The monoisotopic (exact) mass is 227 g/mol. The Bertz CT molecular complexity index is 442. The Morgan fingerprint density at radius 1 is 1.12 bits per heavy atom. The van der Waals surface area contributed by atoms with E-state index in [1.807, 2.05) is 0 Å². The lowest BCUT2D eigenvalue weighted by Crippen LogP contribution is -2.38. The minimum atomic E-state index is 0.512. The maximum absolute atomic E-state index is 4.51. The number of fused-ring (bicyclic) bond motifs is 5. The fourth-order valence-corrected chi connectivity index (χ4v) is 3.91. The van der Waals surface area contributed by atoms with Gasteiger partial charge in [0.25, 0.3) is 0 Å². The molecule has 4 rings (SSSR count). The van der Waals surface area contributed by atoms with Crippen LogP contribution in [0.5, 0.6) is 0 Å². The third-order valence-corrected chi connectivity index (χ3v) is 4.66. The van der Waals surface area contributed by atoms with Gasteiger partial charge in [-0.3, -0.25) is 5.01 Å². The van der Waals surface area contributed by atoms with Gasteiger partial charge in [-0.05, 0) is 36.7 Å². The summed E-state index contributed by atoms with van der Waals surface area (Å²) in [5.74, 6) is 1.68. The van der Waals surface area contributed by atoms with Crippen molar-refractivity contribution < 1.29 is 0 Å². The summed E-state index contributed by atoms with van der Waals surface area (Å²) in [6.45, 7) is 0.925. The van der Waals surface area contributed by atoms with E-state index in [1.165, 1.54) is 24.8 Å². The third kappa shape index (κ3) is 1.41. The Balaban J connectivity index is 1.55. The highest BCUT2D eigenvalue weighted by Gasteiger charge is 2.53. The second-order valence-electron chi connectivity index (χ2n) is 5.60. The van der Waals surface area contributed by atoms with E-state index < -0.39 is 0 Å². The molecule has 2 bridgehead atoms. The van der Waals surface area contributed by atoms with E-state index in [0.29, 0.717) is 12.1 Å². The van der Waals surface area contributed by atoms with Crippen molar-refractivity contribution >= 4 is 0 Å². The fraction of sp³-hybridized carbons (Fsp3) is 0.571. The molecule has 0 aromatic heterocycles. The Hall–Kier alpha value is -1.38. The molecule has 0 amide bonds. The first kappa shape index (κ1) is 9.63. The molecule has 2 saturated carbocycles. The van der Waals surface area contributed by atoms with Crippen LogP contribution in [0, 0.1) is 11.8 Å². The lowest BCUT2D eigenvalue weighted by atomic mass is 9.91. The molecule has 2 aliphatic carbocycles. The molecule has 3 nitrogen and oxygen atoms in total. The molecule has 3 heteroatoms. The predicted octanol–water partition coefficient (Wildman–Crippen LogP) is 3.04. The van der Waals surface area contributed by atoms with Crippen LogP contribution in [0.4, 0.5) is 0 Å². The van der Waals surface area contributed by atoms with Crippen LogP contribution in [0.25, 0.3) is 0 Å². The van der Waals surface area contributed by atoms with E-state index in [-0.39, 0.29) is 0 Å². The highest BCUT2D eigenvalue weighted by atomic mass is 15.6. The molecule has 0 radical (unpaired) electrons. The Labute approximate surface area is 102 Å². The molecule has 3 aliphatic rings. The summed E-state index contributed by atoms with van der Waals surface area (Å²) in [6.07, 6.45) is 4.16. The first-order chi connectivity index (χ1) is 8.42. The molecule has 0 saturated heterocycles. The fourth-order valence-electron chi connectivity index (χ4n) is 3.91. The minimum Gasteiger partial charge on any atom is -0.269 e. The number of benzene rings is 1. The lowest BCUT2D eigenvalue weighted by Gasteiger charge is -2.29. The molecule has 1 aliphatic heterocycles. The molecule has 1 aromatic rings. The average molecular weight is 227 g/mol. The highest BCUT2D eigenvalue weighted by molar-refractivity contribution is 5.16. The van der Waals surface area contributed by atoms with E-state index in [1.54, 1.807) is 0 Å². The summed E-state index contributed by atoms with van der Waals surface area (Å²) < 4.78 is 0. The molecule has 0 unspecified atom stereocenters. The van der Waals surface area contributed by atoms with Gasteiger partial charge in [0, 0.05) is 0 Å². The van der Waals surface area contributed by atoms with Crippen LogP contribution in [0.1, 0.15) is 24.8 Å². The lowest BCUT2D eigenvalue weighted by molar-refractivity contribution is 0.161. The van der Waals surface area contributed by atoms with Gasteiger partial charge in [-0.15, -0.1) is 0 Å². The summed E-state index contributed by atoms with van der Waals surface area (Å²) >= 11 is 0. The Morgan fingerprint density at radius 2 is 1.94 bits per heavy atom. The standard InChI is InChI=1S/C14H17N3/c1-2-4-10(5-3-1)9-17-14-12-7-6-11(8-12)13(14)15-16-17/h1-5,11-14H,6-9H2/t11-,12+,13+,14-/m0/s1. The summed E-state index contributed by atoms with van der Waals surface area (Å²) in [6, 6.07) is 11.7. The van der Waals surface area contributed by atoms with Crippen LogP contribution in [-0.4, -0.2) is 17.1 Å². The van der Waals surface area contributed by atoms with Gasteiger partial charge in [-0.25, -0.2) is 0 Å². The Kier molecular flexibility index (Phi) is 2.01. The zero-order chi connectivity index (χ0) is 11.2. The number of hydrogen-bond donors (Lipinski definition) is 0. The number of hydrogen-bond acceptors (Lipinski definition) is 3. The number of nitrogens with zero attached hydrogens (tertiary/aromatic N) is 3. The number of rotatable bonds is 2. The van der Waals surface area contributed by atoms with Crippen molar-refractivity contribution in [2.75, 3.05) is 0 Å². The summed E-state index contributed by atoms with van der Waals surface area (Å²) in [4.78, 5) is 0. The van der Waals surface area contributed by atoms with Gasteiger partial charge >= 0.3 is 0 Å². The van der Waals surface area contributed by atoms with Gasteiger partial charge in [-0.1, -0.05) is 35.6 Å². The van der Waals surface area contributed by atoms with Crippen molar-refractivity contribution in [1.29, 1.82) is 0 Å². The van der Waals surface area contributed by atoms with Gasteiger partial charge in [-0.2, -0.15) is 5.11 Å². The maximum Gasteiger partial charge on any atom is 0.0980 e. The topological polar surface area (TPSA) is 28.0 Å². The zero-order valence-corrected chi connectivity index (χ0v) is 9.87. The van der Waals surface area contributed by atoms with E-state index in [2.05, 4.69) is 45.7 Å². The zero-order valence-electron chi connectivity index (χ0n) is 9.87. The maximum atomic E-state index is 4.51. The smallest absolute Gasteiger partial charge is 0.0980 e. The van der Waals surface area contributed by atoms with Crippen molar-refractivity contribution in [3.63, 3.8) is 0 Å². The molecule has 17 heavy (non-hydrogen) atoms. The van der Waals surface area contributed by atoms with Crippen molar-refractivity contribution in [2.45, 2.75) is 37.9 Å². The third-order valence-electron chi connectivity index (χ3n) is 4.66. The SMILES string of the molecule is c1ccc(CN2N=N[C@@H]3[C@H]4CC[C@H](C4)[C@@H]32)cc1. The molecule has 1 aromatic carbocycles. The quantitative estimate of drug-likeness (QED) is 0.763. The molecular weight excluding hydrogens is 210 g/mol. The van der Waals surface area contributed by atoms with Crippen molar-refractivity contribution in [3.8, 4) is 0 Å². The van der Waals surface area contributed by atoms with Gasteiger partial charge < -0.3 is 0 Å². The second-order valence-corrected chi connectivity index (χ2v) is 5.60. The van der Waals surface area contributed by atoms with E-state index in [4.69, 9.17) is 0 Å². The molecular formula is C14H17N3. The van der Waals surface area contributed by atoms with E-state index in [0.717, 1.165) is 18.4 Å². The van der Waals surface area contributed by atoms with Crippen LogP contribution >= 0.6 is 0 Å². The van der Waals surface area contributed by atoms with Crippen LogP contribution in [0.15, 0.2) is 40.7 Å². The van der Waals surface area contributed by atoms with Gasteiger partial charge in [0.1, 0.15) is 0 Å². The van der Waals surface area contributed by atoms with Crippen molar-refractivity contribution in [3.05, 3.63) is 35.9 Å². The molecule has 2 fully saturated rings. The molecule has 0 spiro atoms. The Morgan fingerprint density at radius 3 is 2.82 bits per heavy atom. The van der Waals surface area contributed by atoms with Crippen molar-refractivity contribution in [2.24, 2.45) is 22.2 Å². The minimum absolute atomic E-state index is 0.512. The van der Waals surface area contributed by atoms with E-state index >= 15 is 0 Å². The first-order valence-electron chi connectivity index (χ1n) is 6.63. The van der Waals surface area contributed by atoms with Gasteiger partial charge in [0.05, 0.1) is 18.6 Å². The average Bonchev–Trinajstić information content (AvgIpc) is 3.03. The summed E-state index contributed by atoms with van der Waals surface area (Å²) in [5.41, 5.74) is 1.34. The van der Waals surface area contributed by atoms with E-state index in [9.17, 15) is 0 Å². The van der Waals surface area contributed by atoms with Gasteiger partial charge in [0.15, 0.2) is 0 Å². The summed E-state index contributed by atoms with van der Waals surface area (Å²) in [7, 11) is 0. The summed E-state index contributed by atoms with van der Waals surface area (Å²) in [5, 5.41) is 11.2. The van der Waals surface area contributed by atoms with Crippen molar-refractivity contribution in [1.82, 2.24) is 5.01 Å². The van der Waals surface area contributed by atoms with Crippen LogP contribution in [0.3, 0.4) is 0 Å². The second kappa shape index (κ2) is 3.56. The van der Waals surface area contributed by atoms with Crippen LogP contribution in [0.2, 0.25) is 0 Å². The normalized spacial score (nSPS) is 37.8. The van der Waals surface area contributed by atoms with Gasteiger partial charge in [0.2, 0.25) is 0 Å². The highest BCUT2D eigenvalue weighted by Crippen LogP contribution is 2.50. The van der Waals surface area contributed by atoms with Crippen LogP contribution in [-0.2, 0) is 6.54 Å². The van der Waals surface area contributed by atoms with Crippen LogP contribution < -0.4 is 0 Å². The molecule has 88 valence electrons. The molecule has 0 N–H and O–H groups in total. The molecule has 1 heterocycles. The molecule has 4 atom stereocenters. The first-order valence-corrected chi connectivity index (χ1v) is 6.63. The largest absolute Gasteiger partial charge is 0.269 e.